The van der Waals surface area contributed by atoms with Gasteiger partial charge in [-0.3, -0.25) is 0 Å². The minimum Gasteiger partial charge on any atom is -0.444 e. The Morgan fingerprint density at radius 3 is 2.50 bits per heavy atom. The van der Waals surface area contributed by atoms with Gasteiger partial charge in [0.05, 0.1) is 6.61 Å². The summed E-state index contributed by atoms with van der Waals surface area (Å²) in [5.74, 6) is 0. The first-order valence-corrected chi connectivity index (χ1v) is 5.85. The van der Waals surface area contributed by atoms with Crippen molar-refractivity contribution in [3.63, 3.8) is 0 Å². The molecule has 3 heteroatoms. The second kappa shape index (κ2) is 12.9. The van der Waals surface area contributed by atoms with E-state index >= 15 is 0 Å². The molecular weight excluding hydrogens is 178 g/mol. The molecule has 0 aliphatic rings. The number of hydrogen-bond acceptors (Lipinski definition) is 2. The Labute approximate surface area is 87.8 Å². The van der Waals surface area contributed by atoms with Gasteiger partial charge in [0.1, 0.15) is 6.61 Å². The lowest BCUT2D eigenvalue weighted by atomic mass is 10.1. The van der Waals surface area contributed by atoms with Crippen LogP contribution >= 0.6 is 0 Å². The van der Waals surface area contributed by atoms with Crippen LogP contribution in [0.15, 0.2) is 0 Å². The number of rotatable bonds is 11. The normalized spacial score (nSPS) is 10.7. The Kier molecular flexibility index (Phi) is 12.8. The minimum atomic E-state index is 0.372. The van der Waals surface area contributed by atoms with Crippen LogP contribution in [0.5, 0.6) is 0 Å². The van der Waals surface area contributed by atoms with Gasteiger partial charge in [0, 0.05) is 6.54 Å². The molecule has 0 saturated carbocycles. The minimum absolute atomic E-state index is 0.372. The van der Waals surface area contributed by atoms with Crippen LogP contribution in [-0.2, 0) is 4.74 Å². The first-order valence-electron chi connectivity index (χ1n) is 5.85. The molecule has 0 spiro atoms. The maximum atomic E-state index is 6.87. The van der Waals surface area contributed by atoms with Crippen LogP contribution in [0.1, 0.15) is 39.0 Å². The van der Waals surface area contributed by atoms with Crippen LogP contribution in [0.3, 0.4) is 0 Å². The van der Waals surface area contributed by atoms with Crippen molar-refractivity contribution >= 4 is 0 Å². The lowest BCUT2D eigenvalue weighted by Crippen LogP contribution is -2.21. The van der Waals surface area contributed by atoms with E-state index in [0.717, 1.165) is 19.7 Å². The summed E-state index contributed by atoms with van der Waals surface area (Å²) in [4.78, 5) is 0. The van der Waals surface area contributed by atoms with E-state index in [0.29, 0.717) is 13.2 Å². The van der Waals surface area contributed by atoms with Crippen molar-refractivity contribution < 1.29 is 9.84 Å². The summed E-state index contributed by atoms with van der Waals surface area (Å²) < 4.78 is 5.18. The van der Waals surface area contributed by atoms with Gasteiger partial charge in [-0.2, -0.15) is 0 Å². The highest BCUT2D eigenvalue weighted by Crippen LogP contribution is 2.00. The number of nitrogens with one attached hydrogen (secondary N) is 1. The average molecular weight is 204 g/mol. The smallest absolute Gasteiger partial charge is 0.167 e. The lowest BCUT2D eigenvalue weighted by Gasteiger charge is -2.04. The molecule has 0 atom stereocenters. The van der Waals surface area contributed by atoms with E-state index in [1.54, 1.807) is 0 Å². The highest BCUT2D eigenvalue weighted by atomic mass is 16.5. The number of ether oxygens (including phenoxy) is 1. The third kappa shape index (κ3) is 11.9. The van der Waals surface area contributed by atoms with E-state index in [-0.39, 0.29) is 0 Å². The molecule has 0 aliphatic heterocycles. The van der Waals surface area contributed by atoms with Crippen LogP contribution in [0.2, 0.25) is 0 Å². The van der Waals surface area contributed by atoms with Crippen LogP contribution < -0.4 is 5.32 Å². The van der Waals surface area contributed by atoms with Gasteiger partial charge in [-0.05, 0) is 13.0 Å². The van der Waals surface area contributed by atoms with Gasteiger partial charge >= 0.3 is 0 Å². The molecular formula is C11H26NO2+. The maximum Gasteiger partial charge on any atom is 0.167 e. The standard InChI is InChI=1S/C11H25NO2/c1-2-3-4-5-6-7-12-8-10-14-11-9-13/h12-13H,2-11H2,1H3/p+1. The quantitative estimate of drug-likeness (QED) is 0.407. The van der Waals surface area contributed by atoms with E-state index in [1.807, 2.05) is 0 Å². The first-order chi connectivity index (χ1) is 6.91. The average Bonchev–Trinajstić information content (AvgIpc) is 2.21. The van der Waals surface area contributed by atoms with Gasteiger partial charge in [0.25, 0.3) is 0 Å². The van der Waals surface area contributed by atoms with Crippen LogP contribution in [-0.4, -0.2) is 38.0 Å². The van der Waals surface area contributed by atoms with Crippen molar-refractivity contribution in [1.29, 1.82) is 0 Å². The fraction of sp³-hybridized carbons (Fsp3) is 1.00. The first kappa shape index (κ1) is 13.9. The zero-order valence-electron chi connectivity index (χ0n) is 9.48. The SMILES string of the molecule is CCCCCCCNCCOCC[OH2+]. The molecule has 86 valence electrons. The third-order valence-electron chi connectivity index (χ3n) is 2.13. The number of hydrogen-bond donors (Lipinski definition) is 1. The van der Waals surface area contributed by atoms with Gasteiger partial charge in [-0.15, -0.1) is 0 Å². The molecule has 0 rings (SSSR count). The Balaban J connectivity index is 2.78. The molecule has 0 amide bonds. The van der Waals surface area contributed by atoms with Gasteiger partial charge in [0.15, 0.2) is 6.61 Å². The predicted octanol–water partition coefficient (Wildman–Crippen LogP) is 1.29. The second-order valence-electron chi connectivity index (χ2n) is 3.53. The molecule has 0 aromatic carbocycles. The summed E-state index contributed by atoms with van der Waals surface area (Å²) in [6, 6.07) is 0. The van der Waals surface area contributed by atoms with Crippen LogP contribution in [0.4, 0.5) is 0 Å². The molecule has 0 bridgehead atoms. The third-order valence-corrected chi connectivity index (χ3v) is 2.13. The molecule has 0 saturated heterocycles. The van der Waals surface area contributed by atoms with Crippen molar-refractivity contribution in [2.24, 2.45) is 0 Å². The molecule has 0 fully saturated rings. The monoisotopic (exact) mass is 204 g/mol. The van der Waals surface area contributed by atoms with Crippen molar-refractivity contribution in [2.75, 3.05) is 32.9 Å². The molecule has 0 radical (unpaired) electrons. The zero-order chi connectivity index (χ0) is 10.5. The molecule has 0 heterocycles. The summed E-state index contributed by atoms with van der Waals surface area (Å²) >= 11 is 0. The van der Waals surface area contributed by atoms with Crippen molar-refractivity contribution in [2.45, 2.75) is 39.0 Å². The predicted molar refractivity (Wildman–Crippen MR) is 60.9 cm³/mol. The second-order valence-corrected chi connectivity index (χ2v) is 3.53. The summed E-state index contributed by atoms with van der Waals surface area (Å²) in [5.41, 5.74) is 0. The molecule has 3 nitrogen and oxygen atoms in total. The highest BCUT2D eigenvalue weighted by Gasteiger charge is 1.90. The highest BCUT2D eigenvalue weighted by molar-refractivity contribution is 4.48. The van der Waals surface area contributed by atoms with Crippen molar-refractivity contribution in [1.82, 2.24) is 5.32 Å². The van der Waals surface area contributed by atoms with Gasteiger partial charge in [0.2, 0.25) is 0 Å². The fourth-order valence-electron chi connectivity index (χ4n) is 1.30. The van der Waals surface area contributed by atoms with Gasteiger partial charge in [-0.1, -0.05) is 32.6 Å². The van der Waals surface area contributed by atoms with Crippen LogP contribution in [0, 0.1) is 0 Å². The summed E-state index contributed by atoms with van der Waals surface area (Å²) in [6.45, 7) is 5.95. The molecule has 3 N–H and O–H groups in total. The van der Waals surface area contributed by atoms with Crippen molar-refractivity contribution in [3.05, 3.63) is 0 Å². The van der Waals surface area contributed by atoms with Crippen LogP contribution in [0.25, 0.3) is 0 Å². The molecule has 0 unspecified atom stereocenters. The fourth-order valence-corrected chi connectivity index (χ4v) is 1.30. The van der Waals surface area contributed by atoms with E-state index in [4.69, 9.17) is 9.84 Å². The topological polar surface area (TPSA) is 44.2 Å². The molecule has 0 aromatic heterocycles. The Morgan fingerprint density at radius 1 is 1.00 bits per heavy atom. The van der Waals surface area contributed by atoms with Gasteiger partial charge < -0.3 is 15.2 Å². The van der Waals surface area contributed by atoms with Crippen molar-refractivity contribution in [3.8, 4) is 0 Å². The van der Waals surface area contributed by atoms with E-state index in [1.165, 1.54) is 32.1 Å². The zero-order valence-corrected chi connectivity index (χ0v) is 9.48. The summed E-state index contributed by atoms with van der Waals surface area (Å²) in [7, 11) is 0. The number of unbranched alkanes of at least 4 members (excludes halogenated alkanes) is 4. The van der Waals surface area contributed by atoms with E-state index in [2.05, 4.69) is 12.2 Å². The molecule has 0 aliphatic carbocycles. The van der Waals surface area contributed by atoms with E-state index < -0.39 is 0 Å². The maximum absolute atomic E-state index is 6.87. The molecule has 14 heavy (non-hydrogen) atoms. The van der Waals surface area contributed by atoms with Gasteiger partial charge in [-0.25, -0.2) is 0 Å². The summed E-state index contributed by atoms with van der Waals surface area (Å²) in [6.07, 6.45) is 6.67. The van der Waals surface area contributed by atoms with E-state index in [9.17, 15) is 0 Å². The Morgan fingerprint density at radius 2 is 1.79 bits per heavy atom. The summed E-state index contributed by atoms with van der Waals surface area (Å²) in [5, 5.41) is 10.2. The Hall–Kier alpha value is -0.120. The largest absolute Gasteiger partial charge is 0.444 e. The lowest BCUT2D eigenvalue weighted by molar-refractivity contribution is 0.0939. The molecule has 0 aromatic rings. The Bertz CT molecular complexity index is 87.3.